The quantitative estimate of drug-likeness (QED) is 0.592. The summed E-state index contributed by atoms with van der Waals surface area (Å²) >= 11 is 1.70. The molecule has 1 aliphatic rings. The van der Waals surface area contributed by atoms with Crippen LogP contribution in [0.5, 0.6) is 0 Å². The number of amides is 1. The SMILES string of the molecule is CCSc1ccccc1C(=O)NCCn1nc(-c2ccncc2)c2c1CCCC2. The average molecular weight is 407 g/mol. The third-order valence-corrected chi connectivity index (χ3v) is 6.21. The summed E-state index contributed by atoms with van der Waals surface area (Å²) < 4.78 is 2.09. The molecule has 0 atom stereocenters. The molecule has 5 nitrogen and oxygen atoms in total. The number of pyridine rings is 1. The third kappa shape index (κ3) is 4.37. The number of benzene rings is 1. The molecule has 0 saturated heterocycles. The van der Waals surface area contributed by atoms with Gasteiger partial charge in [0.05, 0.1) is 17.8 Å². The molecule has 0 fully saturated rings. The number of aromatic nitrogens is 3. The maximum atomic E-state index is 12.7. The van der Waals surface area contributed by atoms with E-state index in [1.54, 1.807) is 11.8 Å². The van der Waals surface area contributed by atoms with Crippen LogP contribution in [-0.2, 0) is 19.4 Å². The van der Waals surface area contributed by atoms with Gasteiger partial charge in [0.15, 0.2) is 0 Å². The lowest BCUT2D eigenvalue weighted by atomic mass is 9.94. The fraction of sp³-hybridized carbons (Fsp3) is 0.348. The molecular formula is C23H26N4OS. The normalized spacial score (nSPS) is 13.1. The van der Waals surface area contributed by atoms with E-state index in [1.807, 2.05) is 48.8 Å². The van der Waals surface area contributed by atoms with Crippen molar-refractivity contribution in [2.24, 2.45) is 0 Å². The van der Waals surface area contributed by atoms with E-state index in [9.17, 15) is 4.79 Å². The summed E-state index contributed by atoms with van der Waals surface area (Å²) in [6.45, 7) is 3.34. The van der Waals surface area contributed by atoms with Crippen molar-refractivity contribution in [1.82, 2.24) is 20.1 Å². The Labute approximate surface area is 175 Å². The third-order valence-electron chi connectivity index (χ3n) is 5.25. The van der Waals surface area contributed by atoms with Gasteiger partial charge in [0.25, 0.3) is 5.91 Å². The Hall–Kier alpha value is -2.60. The molecule has 0 unspecified atom stereocenters. The lowest BCUT2D eigenvalue weighted by molar-refractivity contribution is 0.0949. The van der Waals surface area contributed by atoms with Gasteiger partial charge in [-0.1, -0.05) is 19.1 Å². The predicted octanol–water partition coefficient (Wildman–Crippen LogP) is 4.37. The molecule has 0 bridgehead atoms. The maximum Gasteiger partial charge on any atom is 0.252 e. The van der Waals surface area contributed by atoms with Crippen LogP contribution in [0.4, 0.5) is 0 Å². The molecule has 1 amide bonds. The number of rotatable bonds is 7. The number of carbonyl (C=O) groups excluding carboxylic acids is 1. The van der Waals surface area contributed by atoms with Crippen molar-refractivity contribution < 1.29 is 4.79 Å². The molecule has 1 aromatic carbocycles. The van der Waals surface area contributed by atoms with E-state index < -0.39 is 0 Å². The highest BCUT2D eigenvalue weighted by Crippen LogP contribution is 2.31. The fourth-order valence-corrected chi connectivity index (χ4v) is 4.71. The first-order valence-electron chi connectivity index (χ1n) is 10.3. The van der Waals surface area contributed by atoms with Gasteiger partial charge in [0.1, 0.15) is 0 Å². The van der Waals surface area contributed by atoms with Gasteiger partial charge in [0.2, 0.25) is 0 Å². The minimum Gasteiger partial charge on any atom is -0.350 e. The number of hydrogen-bond donors (Lipinski definition) is 1. The van der Waals surface area contributed by atoms with E-state index in [4.69, 9.17) is 5.10 Å². The molecule has 0 aliphatic heterocycles. The minimum atomic E-state index is -0.0167. The monoisotopic (exact) mass is 406 g/mol. The van der Waals surface area contributed by atoms with E-state index in [0.29, 0.717) is 13.1 Å². The molecule has 0 spiro atoms. The van der Waals surface area contributed by atoms with E-state index >= 15 is 0 Å². The molecule has 1 N–H and O–H groups in total. The minimum absolute atomic E-state index is 0.0167. The Kier molecular flexibility index (Phi) is 6.30. The van der Waals surface area contributed by atoms with Gasteiger partial charge in [-0.3, -0.25) is 14.5 Å². The van der Waals surface area contributed by atoms with Crippen LogP contribution in [0.25, 0.3) is 11.3 Å². The Morgan fingerprint density at radius 2 is 1.93 bits per heavy atom. The first-order chi connectivity index (χ1) is 14.3. The Morgan fingerprint density at radius 1 is 1.14 bits per heavy atom. The molecule has 2 heterocycles. The largest absolute Gasteiger partial charge is 0.350 e. The Bertz CT molecular complexity index is 984. The molecule has 2 aromatic heterocycles. The van der Waals surface area contributed by atoms with Gasteiger partial charge in [0, 0.05) is 40.7 Å². The van der Waals surface area contributed by atoms with Crippen LogP contribution in [0.3, 0.4) is 0 Å². The molecule has 0 radical (unpaired) electrons. The first-order valence-corrected chi connectivity index (χ1v) is 11.3. The van der Waals surface area contributed by atoms with Gasteiger partial charge in [-0.15, -0.1) is 11.8 Å². The lowest BCUT2D eigenvalue weighted by Gasteiger charge is -2.15. The van der Waals surface area contributed by atoms with Crippen molar-refractivity contribution >= 4 is 17.7 Å². The van der Waals surface area contributed by atoms with Crippen molar-refractivity contribution in [3.63, 3.8) is 0 Å². The number of carbonyl (C=O) groups is 1. The summed E-state index contributed by atoms with van der Waals surface area (Å²) in [5.74, 6) is 0.929. The second-order valence-electron chi connectivity index (χ2n) is 7.13. The number of thioether (sulfide) groups is 1. The zero-order chi connectivity index (χ0) is 20.1. The van der Waals surface area contributed by atoms with Crippen LogP contribution in [-0.4, -0.2) is 33.0 Å². The molecule has 6 heteroatoms. The molecule has 3 aromatic rings. The Morgan fingerprint density at radius 3 is 2.76 bits per heavy atom. The molecule has 150 valence electrons. The van der Waals surface area contributed by atoms with Crippen LogP contribution in [0, 0.1) is 0 Å². The van der Waals surface area contributed by atoms with Gasteiger partial charge in [-0.2, -0.15) is 5.10 Å². The zero-order valence-electron chi connectivity index (χ0n) is 16.7. The summed E-state index contributed by atoms with van der Waals surface area (Å²) in [6, 6.07) is 11.8. The topological polar surface area (TPSA) is 59.8 Å². The number of nitrogens with one attached hydrogen (secondary N) is 1. The summed E-state index contributed by atoms with van der Waals surface area (Å²) in [5.41, 5.74) is 5.61. The number of fused-ring (bicyclic) bond motifs is 1. The smallest absolute Gasteiger partial charge is 0.252 e. The van der Waals surface area contributed by atoms with Gasteiger partial charge in [-0.05, 0) is 55.7 Å². The van der Waals surface area contributed by atoms with Crippen molar-refractivity contribution in [2.45, 2.75) is 44.0 Å². The molecule has 4 rings (SSSR count). The highest BCUT2D eigenvalue weighted by atomic mass is 32.2. The second-order valence-corrected chi connectivity index (χ2v) is 8.43. The van der Waals surface area contributed by atoms with Crippen molar-refractivity contribution in [3.05, 3.63) is 65.6 Å². The van der Waals surface area contributed by atoms with Crippen LogP contribution in [0.2, 0.25) is 0 Å². The maximum absolute atomic E-state index is 12.7. The molecule has 1 aliphatic carbocycles. The summed E-state index contributed by atoms with van der Waals surface area (Å²) in [7, 11) is 0. The zero-order valence-corrected chi connectivity index (χ0v) is 17.5. The van der Waals surface area contributed by atoms with E-state index in [-0.39, 0.29) is 5.91 Å². The highest BCUT2D eigenvalue weighted by Gasteiger charge is 2.21. The Balaban J connectivity index is 1.48. The summed E-state index contributed by atoms with van der Waals surface area (Å²) in [6.07, 6.45) is 8.16. The summed E-state index contributed by atoms with van der Waals surface area (Å²) in [4.78, 5) is 17.8. The second kappa shape index (κ2) is 9.27. The predicted molar refractivity (Wildman–Crippen MR) is 117 cm³/mol. The van der Waals surface area contributed by atoms with Gasteiger partial charge < -0.3 is 5.32 Å². The van der Waals surface area contributed by atoms with E-state index in [1.165, 1.54) is 24.1 Å². The van der Waals surface area contributed by atoms with Crippen LogP contribution < -0.4 is 5.32 Å². The number of hydrogen-bond acceptors (Lipinski definition) is 4. The fourth-order valence-electron chi connectivity index (χ4n) is 3.90. The number of nitrogens with zero attached hydrogens (tertiary/aromatic N) is 3. The van der Waals surface area contributed by atoms with Crippen LogP contribution in [0.1, 0.15) is 41.4 Å². The van der Waals surface area contributed by atoms with Crippen molar-refractivity contribution in [3.8, 4) is 11.3 Å². The lowest BCUT2D eigenvalue weighted by Crippen LogP contribution is -2.28. The van der Waals surface area contributed by atoms with Gasteiger partial charge in [-0.25, -0.2) is 0 Å². The van der Waals surface area contributed by atoms with Gasteiger partial charge >= 0.3 is 0 Å². The average Bonchev–Trinajstić information content (AvgIpc) is 3.14. The van der Waals surface area contributed by atoms with E-state index in [2.05, 4.69) is 21.9 Å². The molecular weight excluding hydrogens is 380 g/mol. The highest BCUT2D eigenvalue weighted by molar-refractivity contribution is 7.99. The van der Waals surface area contributed by atoms with E-state index in [0.717, 1.165) is 40.3 Å². The standard InChI is InChI=1S/C23H26N4OS/c1-2-29-21-10-6-4-8-19(21)23(28)25-15-16-27-20-9-5-3-7-18(20)22(26-27)17-11-13-24-14-12-17/h4,6,8,10-14H,2-3,5,7,9,15-16H2,1H3,(H,25,28). The first kappa shape index (κ1) is 19.7. The summed E-state index contributed by atoms with van der Waals surface area (Å²) in [5, 5.41) is 7.99. The molecule has 0 saturated carbocycles. The van der Waals surface area contributed by atoms with Crippen LogP contribution >= 0.6 is 11.8 Å². The van der Waals surface area contributed by atoms with Crippen LogP contribution in [0.15, 0.2) is 53.7 Å². The molecule has 29 heavy (non-hydrogen) atoms. The van der Waals surface area contributed by atoms with Crippen molar-refractivity contribution in [1.29, 1.82) is 0 Å². The van der Waals surface area contributed by atoms with Crippen molar-refractivity contribution in [2.75, 3.05) is 12.3 Å².